The summed E-state index contributed by atoms with van der Waals surface area (Å²) >= 11 is 5.67. The quantitative estimate of drug-likeness (QED) is 0.875. The minimum absolute atomic E-state index is 0.128. The average molecular weight is 257 g/mol. The van der Waals surface area contributed by atoms with E-state index >= 15 is 0 Å². The van der Waals surface area contributed by atoms with E-state index in [4.69, 9.17) is 11.6 Å². The van der Waals surface area contributed by atoms with Gasteiger partial charge >= 0.3 is 0 Å². The van der Waals surface area contributed by atoms with E-state index in [9.17, 15) is 4.39 Å². The normalized spacial score (nSPS) is 20.5. The molecular formula is C13H18ClFN2. The summed E-state index contributed by atoms with van der Waals surface area (Å²) in [5, 5.41) is 3.65. The number of benzene rings is 1. The summed E-state index contributed by atoms with van der Waals surface area (Å²) in [6.45, 7) is 8.08. The van der Waals surface area contributed by atoms with Gasteiger partial charge in [-0.3, -0.25) is 4.90 Å². The van der Waals surface area contributed by atoms with Gasteiger partial charge in [0.25, 0.3) is 0 Å². The molecule has 1 aliphatic rings. The van der Waals surface area contributed by atoms with E-state index in [1.54, 1.807) is 6.07 Å². The lowest BCUT2D eigenvalue weighted by molar-refractivity contribution is 0.148. The van der Waals surface area contributed by atoms with E-state index in [2.05, 4.69) is 24.1 Å². The van der Waals surface area contributed by atoms with Crippen LogP contribution in [0.1, 0.15) is 19.4 Å². The summed E-state index contributed by atoms with van der Waals surface area (Å²) in [5.41, 5.74) is 1.10. The third-order valence-electron chi connectivity index (χ3n) is 3.04. The third-order valence-corrected chi connectivity index (χ3v) is 3.35. The Labute approximate surface area is 107 Å². The Bertz CT molecular complexity index is 406. The second kappa shape index (κ2) is 4.92. The molecule has 1 fully saturated rings. The molecule has 0 bridgehead atoms. The fraction of sp³-hybridized carbons (Fsp3) is 0.538. The first kappa shape index (κ1) is 12.8. The molecule has 1 aromatic carbocycles. The zero-order valence-corrected chi connectivity index (χ0v) is 11.0. The number of hydrogen-bond acceptors (Lipinski definition) is 2. The number of nitrogens with one attached hydrogen (secondary N) is 1. The number of rotatable bonds is 2. The van der Waals surface area contributed by atoms with Gasteiger partial charge < -0.3 is 5.32 Å². The molecule has 1 aromatic rings. The maximum atomic E-state index is 13.3. The first-order valence-electron chi connectivity index (χ1n) is 5.88. The summed E-state index contributed by atoms with van der Waals surface area (Å²) < 4.78 is 13.3. The molecule has 4 heteroatoms. The molecule has 1 aliphatic heterocycles. The van der Waals surface area contributed by atoms with Crippen molar-refractivity contribution < 1.29 is 4.39 Å². The first-order valence-corrected chi connectivity index (χ1v) is 6.25. The molecule has 0 saturated carbocycles. The molecule has 0 atom stereocenters. The first-order chi connectivity index (χ1) is 7.96. The molecule has 2 rings (SSSR count). The smallest absolute Gasteiger partial charge is 0.142 e. The summed E-state index contributed by atoms with van der Waals surface area (Å²) in [4.78, 5) is 2.33. The maximum Gasteiger partial charge on any atom is 0.142 e. The highest BCUT2D eigenvalue weighted by Crippen LogP contribution is 2.18. The highest BCUT2D eigenvalue weighted by molar-refractivity contribution is 6.30. The topological polar surface area (TPSA) is 15.3 Å². The predicted molar refractivity (Wildman–Crippen MR) is 68.8 cm³/mol. The fourth-order valence-electron chi connectivity index (χ4n) is 2.28. The highest BCUT2D eigenvalue weighted by atomic mass is 35.5. The lowest BCUT2D eigenvalue weighted by Crippen LogP contribution is -2.56. The van der Waals surface area contributed by atoms with E-state index in [0.29, 0.717) is 0 Å². The SMILES string of the molecule is CC1(C)CN(Cc2ccc(Cl)c(F)c2)CCN1. The summed E-state index contributed by atoms with van der Waals surface area (Å²) in [6.07, 6.45) is 0. The minimum atomic E-state index is -0.335. The monoisotopic (exact) mass is 256 g/mol. The molecule has 94 valence electrons. The molecule has 0 spiro atoms. The number of piperazine rings is 1. The van der Waals surface area contributed by atoms with Gasteiger partial charge in [-0.15, -0.1) is 0 Å². The van der Waals surface area contributed by atoms with Crippen LogP contribution in [0.2, 0.25) is 5.02 Å². The zero-order valence-electron chi connectivity index (χ0n) is 10.3. The van der Waals surface area contributed by atoms with Crippen LogP contribution in [0.5, 0.6) is 0 Å². The molecule has 0 amide bonds. The Morgan fingerprint density at radius 3 is 2.88 bits per heavy atom. The molecule has 0 unspecified atom stereocenters. The maximum absolute atomic E-state index is 13.3. The molecule has 0 aromatic heterocycles. The van der Waals surface area contributed by atoms with Crippen LogP contribution in [-0.4, -0.2) is 30.1 Å². The second-order valence-corrected chi connectivity index (χ2v) is 5.68. The lowest BCUT2D eigenvalue weighted by Gasteiger charge is -2.39. The van der Waals surface area contributed by atoms with Gasteiger partial charge in [-0.05, 0) is 31.5 Å². The number of nitrogens with zero attached hydrogens (tertiary/aromatic N) is 1. The molecule has 1 saturated heterocycles. The predicted octanol–water partition coefficient (Wildman–Crippen LogP) is 2.66. The molecule has 1 N–H and O–H groups in total. The van der Waals surface area contributed by atoms with Crippen LogP contribution < -0.4 is 5.32 Å². The third kappa shape index (κ3) is 3.41. The second-order valence-electron chi connectivity index (χ2n) is 5.27. The van der Waals surface area contributed by atoms with E-state index in [1.807, 2.05) is 6.07 Å². The average Bonchev–Trinajstić information content (AvgIpc) is 2.22. The molecule has 0 radical (unpaired) electrons. The Morgan fingerprint density at radius 1 is 1.47 bits per heavy atom. The van der Waals surface area contributed by atoms with Crippen LogP contribution in [0.15, 0.2) is 18.2 Å². The van der Waals surface area contributed by atoms with Crippen molar-refractivity contribution in [2.24, 2.45) is 0 Å². The van der Waals surface area contributed by atoms with Crippen molar-refractivity contribution in [3.63, 3.8) is 0 Å². The van der Waals surface area contributed by atoms with E-state index in [1.165, 1.54) is 6.07 Å². The van der Waals surface area contributed by atoms with Gasteiger partial charge in [0.05, 0.1) is 5.02 Å². The van der Waals surface area contributed by atoms with E-state index in [-0.39, 0.29) is 16.4 Å². The standard InChI is InChI=1S/C13H18ClFN2/c1-13(2)9-17(6-5-16-13)8-10-3-4-11(14)12(15)7-10/h3-4,7,16H,5-6,8-9H2,1-2H3. The van der Waals surface area contributed by atoms with Gasteiger partial charge in [-0.1, -0.05) is 17.7 Å². The molecule has 0 aliphatic carbocycles. The van der Waals surface area contributed by atoms with Gasteiger partial charge in [0, 0.05) is 31.7 Å². The van der Waals surface area contributed by atoms with Crippen molar-refractivity contribution in [2.45, 2.75) is 25.9 Å². The van der Waals surface area contributed by atoms with Crippen molar-refractivity contribution in [3.05, 3.63) is 34.6 Å². The van der Waals surface area contributed by atoms with Gasteiger partial charge in [0.15, 0.2) is 0 Å². The van der Waals surface area contributed by atoms with Crippen LogP contribution in [0, 0.1) is 5.82 Å². The minimum Gasteiger partial charge on any atom is -0.309 e. The largest absolute Gasteiger partial charge is 0.309 e. The van der Waals surface area contributed by atoms with Crippen molar-refractivity contribution >= 4 is 11.6 Å². The summed E-state index contributed by atoms with van der Waals surface area (Å²) in [6, 6.07) is 5.04. The van der Waals surface area contributed by atoms with Crippen molar-refractivity contribution in [1.29, 1.82) is 0 Å². The lowest BCUT2D eigenvalue weighted by atomic mass is 10.0. The molecule has 2 nitrogen and oxygen atoms in total. The van der Waals surface area contributed by atoms with Crippen molar-refractivity contribution in [1.82, 2.24) is 10.2 Å². The Balaban J connectivity index is 2.03. The number of halogens is 2. The van der Waals surface area contributed by atoms with Crippen LogP contribution in [-0.2, 0) is 6.54 Å². The van der Waals surface area contributed by atoms with E-state index in [0.717, 1.165) is 31.7 Å². The Kier molecular flexibility index (Phi) is 3.71. The zero-order chi connectivity index (χ0) is 12.5. The van der Waals surface area contributed by atoms with Gasteiger partial charge in [0.2, 0.25) is 0 Å². The van der Waals surface area contributed by atoms with Crippen molar-refractivity contribution in [3.8, 4) is 0 Å². The Morgan fingerprint density at radius 2 is 2.24 bits per heavy atom. The van der Waals surface area contributed by atoms with Gasteiger partial charge in [0.1, 0.15) is 5.82 Å². The van der Waals surface area contributed by atoms with Crippen LogP contribution >= 0.6 is 11.6 Å². The molecular weight excluding hydrogens is 239 g/mol. The van der Waals surface area contributed by atoms with Crippen LogP contribution in [0.4, 0.5) is 4.39 Å². The molecule has 1 heterocycles. The van der Waals surface area contributed by atoms with Crippen LogP contribution in [0.25, 0.3) is 0 Å². The summed E-state index contributed by atoms with van der Waals surface area (Å²) in [5.74, 6) is -0.335. The fourth-order valence-corrected chi connectivity index (χ4v) is 2.40. The number of hydrogen-bond donors (Lipinski definition) is 1. The van der Waals surface area contributed by atoms with Crippen molar-refractivity contribution in [2.75, 3.05) is 19.6 Å². The van der Waals surface area contributed by atoms with E-state index < -0.39 is 0 Å². The highest BCUT2D eigenvalue weighted by Gasteiger charge is 2.25. The summed E-state index contributed by atoms with van der Waals surface area (Å²) in [7, 11) is 0. The Hall–Kier alpha value is -0.640. The molecule has 17 heavy (non-hydrogen) atoms. The van der Waals surface area contributed by atoms with Gasteiger partial charge in [-0.25, -0.2) is 4.39 Å². The van der Waals surface area contributed by atoms with Crippen LogP contribution in [0.3, 0.4) is 0 Å². The van der Waals surface area contributed by atoms with Gasteiger partial charge in [-0.2, -0.15) is 0 Å².